The van der Waals surface area contributed by atoms with Gasteiger partial charge in [0.05, 0.1) is 0 Å². The highest BCUT2D eigenvalue weighted by atomic mass is 16.5. The third-order valence-corrected chi connectivity index (χ3v) is 2.50. The molecule has 0 amide bonds. The fourth-order valence-electron chi connectivity index (χ4n) is 1.62. The molecule has 2 aliphatic rings. The molecule has 0 aliphatic heterocycles. The van der Waals surface area contributed by atoms with E-state index in [1.165, 1.54) is 0 Å². The Kier molecular flexibility index (Phi) is 3.20. The van der Waals surface area contributed by atoms with Gasteiger partial charge in [-0.25, -0.2) is 4.79 Å². The minimum absolute atomic E-state index is 0.203. The van der Waals surface area contributed by atoms with E-state index in [0.29, 0.717) is 5.57 Å². The molecule has 2 heteroatoms. The van der Waals surface area contributed by atoms with Gasteiger partial charge in [0.1, 0.15) is 6.10 Å². The van der Waals surface area contributed by atoms with E-state index in [0.717, 1.165) is 0 Å². The van der Waals surface area contributed by atoms with Crippen LogP contribution in [0.3, 0.4) is 0 Å². The second-order valence-electron chi connectivity index (χ2n) is 3.84. The van der Waals surface area contributed by atoms with Crippen molar-refractivity contribution in [1.29, 1.82) is 0 Å². The minimum Gasteiger partial charge on any atom is -0.450 e. The molecule has 0 N–H and O–H groups in total. The van der Waals surface area contributed by atoms with Crippen molar-refractivity contribution in [3.8, 4) is 0 Å². The van der Waals surface area contributed by atoms with E-state index in [1.807, 2.05) is 54.7 Å². The predicted octanol–water partition coefficient (Wildman–Crippen LogP) is 2.71. The molecule has 2 rings (SSSR count). The lowest BCUT2D eigenvalue weighted by Gasteiger charge is -2.09. The number of carbonyl (C=O) groups is 1. The number of esters is 1. The van der Waals surface area contributed by atoms with Gasteiger partial charge in [0.25, 0.3) is 0 Å². The summed E-state index contributed by atoms with van der Waals surface area (Å²) in [6.07, 6.45) is 17.2. The van der Waals surface area contributed by atoms with Crippen molar-refractivity contribution >= 4 is 5.97 Å². The fourth-order valence-corrected chi connectivity index (χ4v) is 1.62. The maximum absolute atomic E-state index is 11.7. The summed E-state index contributed by atoms with van der Waals surface area (Å²) in [5, 5.41) is 0. The molecule has 0 saturated heterocycles. The molecule has 0 radical (unpaired) electrons. The molecule has 0 bridgehead atoms. The van der Waals surface area contributed by atoms with Gasteiger partial charge in [0.15, 0.2) is 0 Å². The molecule has 0 spiro atoms. The molecule has 0 aromatic carbocycles. The maximum Gasteiger partial charge on any atom is 0.334 e. The summed E-state index contributed by atoms with van der Waals surface area (Å²) in [5.41, 5.74) is 0.648. The van der Waals surface area contributed by atoms with Crippen LogP contribution in [0, 0.1) is 5.92 Å². The Morgan fingerprint density at radius 3 is 2.25 bits per heavy atom. The fraction of sp³-hybridized carbons (Fsp3) is 0.214. The molecule has 16 heavy (non-hydrogen) atoms. The second-order valence-corrected chi connectivity index (χ2v) is 3.84. The summed E-state index contributed by atoms with van der Waals surface area (Å²) in [5.74, 6) is -0.0305. The van der Waals surface area contributed by atoms with Crippen LogP contribution in [0.1, 0.15) is 6.92 Å². The lowest BCUT2D eigenvalue weighted by molar-refractivity contribution is -0.140. The highest BCUT2D eigenvalue weighted by Gasteiger charge is 2.13. The van der Waals surface area contributed by atoms with Gasteiger partial charge in [-0.3, -0.25) is 0 Å². The number of carbonyl (C=O) groups excluding carboxylic acids is 1. The zero-order chi connectivity index (χ0) is 11.4. The van der Waals surface area contributed by atoms with Gasteiger partial charge in [-0.2, -0.15) is 0 Å². The van der Waals surface area contributed by atoms with Gasteiger partial charge in [-0.15, -0.1) is 0 Å². The van der Waals surface area contributed by atoms with Crippen molar-refractivity contribution in [3.05, 3.63) is 60.3 Å². The minimum atomic E-state index is -0.255. The summed E-state index contributed by atoms with van der Waals surface area (Å²) in [6.45, 7) is 1.78. The van der Waals surface area contributed by atoms with E-state index >= 15 is 0 Å². The number of rotatable bonds is 3. The van der Waals surface area contributed by atoms with Gasteiger partial charge in [-0.1, -0.05) is 42.5 Å². The van der Waals surface area contributed by atoms with E-state index in [-0.39, 0.29) is 18.0 Å². The lowest BCUT2D eigenvalue weighted by Crippen LogP contribution is -2.13. The third-order valence-electron chi connectivity index (χ3n) is 2.50. The Balaban J connectivity index is 1.93. The number of hydrogen-bond donors (Lipinski definition) is 0. The molecular weight excluding hydrogens is 200 g/mol. The van der Waals surface area contributed by atoms with E-state index in [1.54, 1.807) is 6.92 Å². The molecule has 0 aromatic heterocycles. The SMILES string of the molecule is CC(=CC1C=CC=C1)C(=O)OC1C=CC=C1. The van der Waals surface area contributed by atoms with Crippen LogP contribution in [0.2, 0.25) is 0 Å². The monoisotopic (exact) mass is 214 g/mol. The Morgan fingerprint density at radius 2 is 1.62 bits per heavy atom. The first-order valence-electron chi connectivity index (χ1n) is 5.35. The topological polar surface area (TPSA) is 26.3 Å². The van der Waals surface area contributed by atoms with Crippen LogP contribution in [0.4, 0.5) is 0 Å². The van der Waals surface area contributed by atoms with Gasteiger partial charge in [0, 0.05) is 11.5 Å². The summed E-state index contributed by atoms with van der Waals surface area (Å²) in [7, 11) is 0. The van der Waals surface area contributed by atoms with Crippen molar-refractivity contribution in [3.63, 3.8) is 0 Å². The smallest absolute Gasteiger partial charge is 0.334 e. The molecule has 2 aliphatic carbocycles. The van der Waals surface area contributed by atoms with Crippen LogP contribution in [0.15, 0.2) is 60.3 Å². The van der Waals surface area contributed by atoms with Crippen LogP contribution < -0.4 is 0 Å². The van der Waals surface area contributed by atoms with Crippen molar-refractivity contribution in [1.82, 2.24) is 0 Å². The average molecular weight is 214 g/mol. The highest BCUT2D eigenvalue weighted by molar-refractivity contribution is 5.88. The van der Waals surface area contributed by atoms with Crippen molar-refractivity contribution in [2.75, 3.05) is 0 Å². The van der Waals surface area contributed by atoms with E-state index in [4.69, 9.17) is 4.74 Å². The molecule has 0 unspecified atom stereocenters. The quantitative estimate of drug-likeness (QED) is 0.533. The normalized spacial score (nSPS) is 19.9. The summed E-state index contributed by atoms with van der Waals surface area (Å²) in [4.78, 5) is 11.7. The molecular formula is C14H14O2. The molecule has 0 aromatic rings. The molecule has 2 nitrogen and oxygen atoms in total. The Hall–Kier alpha value is -1.83. The number of allylic oxidation sites excluding steroid dienone is 7. The van der Waals surface area contributed by atoms with Crippen molar-refractivity contribution in [2.45, 2.75) is 13.0 Å². The first kappa shape index (κ1) is 10.7. The second kappa shape index (κ2) is 4.79. The average Bonchev–Trinajstić information content (AvgIpc) is 2.90. The largest absolute Gasteiger partial charge is 0.450 e. The van der Waals surface area contributed by atoms with E-state index in [9.17, 15) is 4.79 Å². The van der Waals surface area contributed by atoms with Crippen LogP contribution in [0.5, 0.6) is 0 Å². The standard InChI is InChI=1S/C14H14O2/c1-11(10-12-6-2-3-7-12)14(15)16-13-8-4-5-9-13/h2-10,12-13H,1H3. The predicted molar refractivity (Wildman–Crippen MR) is 63.7 cm³/mol. The lowest BCUT2D eigenvalue weighted by atomic mass is 10.1. The summed E-state index contributed by atoms with van der Waals surface area (Å²) >= 11 is 0. The van der Waals surface area contributed by atoms with Crippen LogP contribution in [0.25, 0.3) is 0 Å². The molecule has 0 atom stereocenters. The Bertz CT molecular complexity index is 398. The summed E-state index contributed by atoms with van der Waals surface area (Å²) in [6, 6.07) is 0. The number of ether oxygens (including phenoxy) is 1. The van der Waals surface area contributed by atoms with Crippen LogP contribution in [-0.4, -0.2) is 12.1 Å². The Labute approximate surface area is 95.3 Å². The van der Waals surface area contributed by atoms with Gasteiger partial charge >= 0.3 is 5.97 Å². The van der Waals surface area contributed by atoms with E-state index in [2.05, 4.69) is 0 Å². The van der Waals surface area contributed by atoms with Gasteiger partial charge < -0.3 is 4.74 Å². The first-order valence-corrected chi connectivity index (χ1v) is 5.35. The maximum atomic E-state index is 11.7. The molecule has 0 saturated carbocycles. The zero-order valence-corrected chi connectivity index (χ0v) is 9.17. The third kappa shape index (κ3) is 2.60. The molecule has 0 fully saturated rings. The van der Waals surface area contributed by atoms with Crippen LogP contribution >= 0.6 is 0 Å². The Morgan fingerprint density at radius 1 is 1.06 bits per heavy atom. The van der Waals surface area contributed by atoms with Crippen LogP contribution in [-0.2, 0) is 9.53 Å². The molecule has 82 valence electrons. The van der Waals surface area contributed by atoms with Crippen molar-refractivity contribution < 1.29 is 9.53 Å². The molecule has 0 heterocycles. The van der Waals surface area contributed by atoms with Gasteiger partial charge in [-0.05, 0) is 19.1 Å². The van der Waals surface area contributed by atoms with Crippen molar-refractivity contribution in [2.24, 2.45) is 5.92 Å². The number of hydrogen-bond acceptors (Lipinski definition) is 2. The first-order chi connectivity index (χ1) is 7.75. The summed E-state index contributed by atoms with van der Waals surface area (Å²) < 4.78 is 5.25. The van der Waals surface area contributed by atoms with E-state index < -0.39 is 0 Å². The highest BCUT2D eigenvalue weighted by Crippen LogP contribution is 2.14. The zero-order valence-electron chi connectivity index (χ0n) is 9.17. The van der Waals surface area contributed by atoms with Gasteiger partial charge in [0.2, 0.25) is 0 Å².